The van der Waals surface area contributed by atoms with Gasteiger partial charge in [-0.3, -0.25) is 19.2 Å². The number of thioether (sulfide) groups is 1. The molecule has 0 radical (unpaired) electrons. The first-order valence-electron chi connectivity index (χ1n) is 13.3. The standard InChI is InChI=1S/C29H41N5O5S/c1-20(33-28(38)24(30-2)17-22-11-13-23(35)14-12-22)27(37)32-19-26(36)34(3)25(18-21-9-6-5-7-10-21)29(39)31-15-8-16-40-4/h5-7,9-14,20,24-25,30,35H,8,15-19H2,1-4H3,(H,31,39)(H,32,37)(H,33,38)/t20-,24+,25+/m1/s1. The lowest BCUT2D eigenvalue weighted by Gasteiger charge is -2.28. The summed E-state index contributed by atoms with van der Waals surface area (Å²) in [5.41, 5.74) is 1.76. The predicted molar refractivity (Wildman–Crippen MR) is 158 cm³/mol. The predicted octanol–water partition coefficient (Wildman–Crippen LogP) is 1.08. The molecule has 0 aromatic heterocycles. The van der Waals surface area contributed by atoms with E-state index in [4.69, 9.17) is 0 Å². The molecule has 0 aliphatic rings. The molecule has 0 saturated carbocycles. The number of hydrogen-bond acceptors (Lipinski definition) is 7. The van der Waals surface area contributed by atoms with Crippen LogP contribution in [0.5, 0.6) is 5.75 Å². The van der Waals surface area contributed by atoms with Crippen LogP contribution in [-0.4, -0.2) is 91.0 Å². The number of nitrogens with zero attached hydrogens (tertiary/aromatic N) is 1. The Labute approximate surface area is 240 Å². The van der Waals surface area contributed by atoms with Crippen molar-refractivity contribution in [1.82, 2.24) is 26.2 Å². The average Bonchev–Trinajstić information content (AvgIpc) is 2.96. The fourth-order valence-corrected chi connectivity index (χ4v) is 4.41. The smallest absolute Gasteiger partial charge is 0.243 e. The monoisotopic (exact) mass is 571 g/mol. The second-order valence-electron chi connectivity index (χ2n) is 9.51. The van der Waals surface area contributed by atoms with Gasteiger partial charge in [0.05, 0.1) is 12.6 Å². The lowest BCUT2D eigenvalue weighted by atomic mass is 10.0. The van der Waals surface area contributed by atoms with Crippen molar-refractivity contribution >= 4 is 35.4 Å². The van der Waals surface area contributed by atoms with E-state index in [9.17, 15) is 24.3 Å². The fraction of sp³-hybridized carbons (Fsp3) is 0.448. The molecule has 11 heteroatoms. The SMILES string of the molecule is CN[C@@H](Cc1ccc(O)cc1)C(=O)N[C@H](C)C(=O)NCC(=O)N(C)[C@@H](Cc1ccccc1)C(=O)NCCCSC. The molecule has 2 aromatic rings. The van der Waals surface area contributed by atoms with E-state index < -0.39 is 29.9 Å². The number of amides is 4. The van der Waals surface area contributed by atoms with Gasteiger partial charge >= 0.3 is 0 Å². The first-order valence-corrected chi connectivity index (χ1v) is 14.6. The van der Waals surface area contributed by atoms with Crippen LogP contribution in [0, 0.1) is 0 Å². The lowest BCUT2D eigenvalue weighted by Crippen LogP contribution is -2.54. The zero-order valence-corrected chi connectivity index (χ0v) is 24.4. The van der Waals surface area contributed by atoms with Crippen LogP contribution < -0.4 is 21.3 Å². The summed E-state index contributed by atoms with van der Waals surface area (Å²) in [6.45, 7) is 1.74. The third-order valence-electron chi connectivity index (χ3n) is 6.47. The van der Waals surface area contributed by atoms with Gasteiger partial charge in [-0.05, 0) is 62.1 Å². The second-order valence-corrected chi connectivity index (χ2v) is 10.5. The molecule has 0 bridgehead atoms. The van der Waals surface area contributed by atoms with Crippen molar-refractivity contribution in [2.75, 3.05) is 39.2 Å². The number of carbonyl (C=O) groups excluding carboxylic acids is 4. The molecule has 0 aliphatic carbocycles. The zero-order valence-electron chi connectivity index (χ0n) is 23.6. The number of phenols is 1. The first-order chi connectivity index (χ1) is 19.2. The molecule has 0 heterocycles. The molecule has 218 valence electrons. The van der Waals surface area contributed by atoms with Crippen LogP contribution in [0.15, 0.2) is 54.6 Å². The molecule has 40 heavy (non-hydrogen) atoms. The number of carbonyl (C=O) groups is 4. The van der Waals surface area contributed by atoms with Gasteiger partial charge in [-0.1, -0.05) is 42.5 Å². The minimum Gasteiger partial charge on any atom is -0.508 e. The van der Waals surface area contributed by atoms with Crippen LogP contribution in [0.4, 0.5) is 0 Å². The highest BCUT2D eigenvalue weighted by atomic mass is 32.2. The Balaban J connectivity index is 1.93. The van der Waals surface area contributed by atoms with Crippen LogP contribution in [0.3, 0.4) is 0 Å². The van der Waals surface area contributed by atoms with Gasteiger partial charge in [-0.2, -0.15) is 11.8 Å². The topological polar surface area (TPSA) is 140 Å². The van der Waals surface area contributed by atoms with Crippen molar-refractivity contribution in [2.24, 2.45) is 0 Å². The summed E-state index contributed by atoms with van der Waals surface area (Å²) in [6.07, 6.45) is 3.53. The summed E-state index contributed by atoms with van der Waals surface area (Å²) < 4.78 is 0. The van der Waals surface area contributed by atoms with E-state index in [1.807, 2.05) is 36.6 Å². The van der Waals surface area contributed by atoms with Crippen molar-refractivity contribution < 1.29 is 24.3 Å². The van der Waals surface area contributed by atoms with Gasteiger partial charge in [0, 0.05) is 20.0 Å². The Morgan fingerprint density at radius 1 is 0.900 bits per heavy atom. The Hall–Kier alpha value is -3.57. The third kappa shape index (κ3) is 10.9. The van der Waals surface area contributed by atoms with Crippen molar-refractivity contribution in [3.63, 3.8) is 0 Å². The van der Waals surface area contributed by atoms with E-state index in [1.54, 1.807) is 50.1 Å². The summed E-state index contributed by atoms with van der Waals surface area (Å²) in [5, 5.41) is 20.5. The van der Waals surface area contributed by atoms with Gasteiger partial charge in [0.15, 0.2) is 0 Å². The molecule has 4 amide bonds. The normalized spacial score (nSPS) is 13.0. The van der Waals surface area contributed by atoms with Gasteiger partial charge in [-0.15, -0.1) is 0 Å². The third-order valence-corrected chi connectivity index (χ3v) is 7.16. The second kappa shape index (κ2) is 17.2. The van der Waals surface area contributed by atoms with Gasteiger partial charge < -0.3 is 31.3 Å². The average molecular weight is 572 g/mol. The highest BCUT2D eigenvalue weighted by Crippen LogP contribution is 2.12. The van der Waals surface area contributed by atoms with Crippen molar-refractivity contribution in [1.29, 1.82) is 0 Å². The van der Waals surface area contributed by atoms with Crippen LogP contribution in [0.2, 0.25) is 0 Å². The number of nitrogens with one attached hydrogen (secondary N) is 4. The van der Waals surface area contributed by atoms with Crippen LogP contribution >= 0.6 is 11.8 Å². The number of hydrogen-bond donors (Lipinski definition) is 5. The minimum absolute atomic E-state index is 0.137. The Kier molecular flexibility index (Phi) is 14.0. The van der Waals surface area contributed by atoms with Gasteiger partial charge in [0.2, 0.25) is 23.6 Å². The molecular weight excluding hydrogens is 530 g/mol. The van der Waals surface area contributed by atoms with Crippen LogP contribution in [0.25, 0.3) is 0 Å². The lowest BCUT2D eigenvalue weighted by molar-refractivity contribution is -0.139. The summed E-state index contributed by atoms with van der Waals surface area (Å²) in [6, 6.07) is 13.8. The van der Waals surface area contributed by atoms with Crippen molar-refractivity contribution in [2.45, 2.75) is 44.3 Å². The van der Waals surface area contributed by atoms with Crippen LogP contribution in [-0.2, 0) is 32.0 Å². The van der Waals surface area contributed by atoms with Crippen molar-refractivity contribution in [3.05, 3.63) is 65.7 Å². The quantitative estimate of drug-likeness (QED) is 0.190. The number of rotatable bonds is 16. The van der Waals surface area contributed by atoms with Gasteiger partial charge in [0.25, 0.3) is 0 Å². The molecule has 10 nitrogen and oxygen atoms in total. The Morgan fingerprint density at radius 3 is 2.17 bits per heavy atom. The number of aromatic hydroxyl groups is 1. The van der Waals surface area contributed by atoms with Crippen LogP contribution in [0.1, 0.15) is 24.5 Å². The van der Waals surface area contributed by atoms with Gasteiger partial charge in [0.1, 0.15) is 17.8 Å². The fourth-order valence-electron chi connectivity index (χ4n) is 3.98. The van der Waals surface area contributed by atoms with Gasteiger partial charge in [-0.25, -0.2) is 0 Å². The first kappa shape index (κ1) is 32.6. The van der Waals surface area contributed by atoms with E-state index in [1.165, 1.54) is 11.8 Å². The molecule has 2 aromatic carbocycles. The number of benzene rings is 2. The summed E-state index contributed by atoms with van der Waals surface area (Å²) in [7, 11) is 3.20. The molecule has 0 fully saturated rings. The molecule has 5 N–H and O–H groups in total. The molecular formula is C29H41N5O5S. The van der Waals surface area contributed by atoms with E-state index in [0.29, 0.717) is 19.4 Å². The van der Waals surface area contributed by atoms with E-state index in [-0.39, 0.29) is 24.1 Å². The number of likely N-dealkylation sites (N-methyl/N-ethyl adjacent to an activating group) is 2. The Bertz CT molecular complexity index is 1100. The van der Waals surface area contributed by atoms with E-state index in [0.717, 1.165) is 23.3 Å². The maximum Gasteiger partial charge on any atom is 0.243 e. The summed E-state index contributed by atoms with van der Waals surface area (Å²) >= 11 is 1.70. The van der Waals surface area contributed by atoms with E-state index in [2.05, 4.69) is 21.3 Å². The molecule has 0 spiro atoms. The zero-order chi connectivity index (χ0) is 29.5. The largest absolute Gasteiger partial charge is 0.508 e. The number of phenolic OH excluding ortho intramolecular Hbond substituents is 1. The van der Waals surface area contributed by atoms with Crippen molar-refractivity contribution in [3.8, 4) is 5.75 Å². The highest BCUT2D eigenvalue weighted by Gasteiger charge is 2.28. The Morgan fingerprint density at radius 2 is 1.55 bits per heavy atom. The summed E-state index contributed by atoms with van der Waals surface area (Å²) in [4.78, 5) is 52.8. The molecule has 0 saturated heterocycles. The molecule has 0 unspecified atom stereocenters. The maximum atomic E-state index is 13.0. The highest BCUT2D eigenvalue weighted by molar-refractivity contribution is 7.98. The molecule has 2 rings (SSSR count). The minimum atomic E-state index is -0.888. The van der Waals surface area contributed by atoms with E-state index >= 15 is 0 Å². The molecule has 3 atom stereocenters. The maximum absolute atomic E-state index is 13.0. The molecule has 0 aliphatic heterocycles. The summed E-state index contributed by atoms with van der Waals surface area (Å²) in [5.74, 6) is -0.506.